The van der Waals surface area contributed by atoms with E-state index in [1.54, 1.807) is 6.08 Å². The van der Waals surface area contributed by atoms with Crippen molar-refractivity contribution in [3.05, 3.63) is 42.0 Å². The second kappa shape index (κ2) is 6.97. The fourth-order valence-corrected chi connectivity index (χ4v) is 2.91. The zero-order chi connectivity index (χ0) is 16.2. The number of fused-ring (bicyclic) bond motifs is 1. The third-order valence-corrected chi connectivity index (χ3v) is 3.98. The lowest BCUT2D eigenvalue weighted by Gasteiger charge is -2.22. The fraction of sp³-hybridized carbons (Fsp3) is 0.500. The lowest BCUT2D eigenvalue weighted by atomic mass is 9.87. The average Bonchev–Trinajstić information content (AvgIpc) is 2.71. The molecular weight excluding hydrogens is 274 g/mol. The van der Waals surface area contributed by atoms with Crippen molar-refractivity contribution >= 4 is 11.6 Å². The van der Waals surface area contributed by atoms with Crippen LogP contribution >= 0.6 is 0 Å². The van der Waals surface area contributed by atoms with Crippen LogP contribution in [0.25, 0.3) is 0 Å². The number of rotatable bonds is 6. The lowest BCUT2D eigenvalue weighted by molar-refractivity contribution is -0.116. The van der Waals surface area contributed by atoms with Crippen LogP contribution in [0.1, 0.15) is 19.4 Å². The Morgan fingerprint density at radius 2 is 2.09 bits per heavy atom. The van der Waals surface area contributed by atoms with Gasteiger partial charge in [0.05, 0.1) is 0 Å². The minimum atomic E-state index is -0.0198. The van der Waals surface area contributed by atoms with Gasteiger partial charge in [0.15, 0.2) is 0 Å². The van der Waals surface area contributed by atoms with Crippen molar-refractivity contribution in [2.24, 2.45) is 0 Å². The van der Waals surface area contributed by atoms with Gasteiger partial charge in [-0.2, -0.15) is 0 Å². The quantitative estimate of drug-likeness (QED) is 0.817. The molecule has 0 atom stereocenters. The maximum absolute atomic E-state index is 11.7. The van der Waals surface area contributed by atoms with Crippen molar-refractivity contribution in [2.45, 2.75) is 19.3 Å². The van der Waals surface area contributed by atoms with Gasteiger partial charge in [-0.3, -0.25) is 4.79 Å². The zero-order valence-electron chi connectivity index (χ0n) is 14.1. The van der Waals surface area contributed by atoms with E-state index in [-0.39, 0.29) is 11.3 Å². The highest BCUT2D eigenvalue weighted by atomic mass is 16.1. The molecule has 1 aliphatic rings. The van der Waals surface area contributed by atoms with Gasteiger partial charge >= 0.3 is 0 Å². The summed E-state index contributed by atoms with van der Waals surface area (Å²) in [6.07, 6.45) is 3.49. The van der Waals surface area contributed by atoms with Crippen LogP contribution in [0.5, 0.6) is 0 Å². The molecule has 0 aromatic heterocycles. The lowest BCUT2D eigenvalue weighted by Crippen LogP contribution is -2.36. The molecule has 2 rings (SSSR count). The first-order valence-electron chi connectivity index (χ1n) is 7.84. The minimum Gasteiger partial charge on any atom is -0.369 e. The molecule has 0 saturated carbocycles. The zero-order valence-corrected chi connectivity index (χ0v) is 14.1. The van der Waals surface area contributed by atoms with Gasteiger partial charge in [-0.25, -0.2) is 0 Å². The maximum Gasteiger partial charge on any atom is 0.243 e. The highest BCUT2D eigenvalue weighted by Gasteiger charge is 2.34. The molecule has 120 valence electrons. The average molecular weight is 301 g/mol. The predicted molar refractivity (Wildman–Crippen MR) is 92.4 cm³/mol. The van der Waals surface area contributed by atoms with Gasteiger partial charge in [-0.1, -0.05) is 38.1 Å². The van der Waals surface area contributed by atoms with Crippen molar-refractivity contribution in [3.63, 3.8) is 0 Å². The summed E-state index contributed by atoms with van der Waals surface area (Å²) in [6, 6.07) is 8.55. The SMILES string of the molecule is CN(C)C/C=C/C(=O)NCCN1CC(C)(C)c2ccccc21. The Labute approximate surface area is 133 Å². The first-order chi connectivity index (χ1) is 10.4. The Kier molecular flexibility index (Phi) is 5.24. The maximum atomic E-state index is 11.7. The topological polar surface area (TPSA) is 35.6 Å². The molecule has 22 heavy (non-hydrogen) atoms. The number of hydrogen-bond acceptors (Lipinski definition) is 3. The van der Waals surface area contributed by atoms with Crippen LogP contribution in [-0.2, 0) is 10.2 Å². The molecule has 1 aliphatic heterocycles. The van der Waals surface area contributed by atoms with Crippen molar-refractivity contribution in [2.75, 3.05) is 45.2 Å². The van der Waals surface area contributed by atoms with Crippen LogP contribution in [0.3, 0.4) is 0 Å². The highest BCUT2D eigenvalue weighted by molar-refractivity contribution is 5.87. The summed E-state index contributed by atoms with van der Waals surface area (Å²) in [5.74, 6) is -0.0198. The molecule has 4 nitrogen and oxygen atoms in total. The molecule has 0 unspecified atom stereocenters. The number of nitrogens with one attached hydrogen (secondary N) is 1. The smallest absolute Gasteiger partial charge is 0.243 e. The van der Waals surface area contributed by atoms with Crippen LogP contribution in [0.2, 0.25) is 0 Å². The normalized spacial score (nSPS) is 16.3. The van der Waals surface area contributed by atoms with E-state index in [2.05, 4.69) is 48.3 Å². The first kappa shape index (κ1) is 16.6. The van der Waals surface area contributed by atoms with Crippen LogP contribution in [0.15, 0.2) is 36.4 Å². The van der Waals surface area contributed by atoms with Crippen LogP contribution in [-0.4, -0.2) is 51.1 Å². The Morgan fingerprint density at radius 1 is 1.36 bits per heavy atom. The molecule has 0 bridgehead atoms. The summed E-state index contributed by atoms with van der Waals surface area (Å²) in [6.45, 7) is 7.83. The Bertz CT molecular complexity index is 549. The van der Waals surface area contributed by atoms with E-state index in [0.29, 0.717) is 6.54 Å². The summed E-state index contributed by atoms with van der Waals surface area (Å²) in [4.78, 5) is 16.1. The van der Waals surface area contributed by atoms with E-state index in [9.17, 15) is 4.79 Å². The van der Waals surface area contributed by atoms with E-state index in [1.807, 2.05) is 25.1 Å². The van der Waals surface area contributed by atoms with E-state index in [1.165, 1.54) is 11.3 Å². The summed E-state index contributed by atoms with van der Waals surface area (Å²) in [5.41, 5.74) is 2.86. The number of nitrogens with zero attached hydrogens (tertiary/aromatic N) is 2. The second-order valence-corrected chi connectivity index (χ2v) is 6.78. The molecule has 0 radical (unpaired) electrons. The molecule has 1 heterocycles. The van der Waals surface area contributed by atoms with Crippen LogP contribution in [0.4, 0.5) is 5.69 Å². The van der Waals surface area contributed by atoms with Gasteiger partial charge in [0.25, 0.3) is 0 Å². The molecule has 1 N–H and O–H groups in total. The monoisotopic (exact) mass is 301 g/mol. The molecule has 1 aromatic carbocycles. The summed E-state index contributed by atoms with van der Waals surface area (Å²) < 4.78 is 0. The first-order valence-corrected chi connectivity index (χ1v) is 7.84. The Balaban J connectivity index is 1.84. The number of amides is 1. The highest BCUT2D eigenvalue weighted by Crippen LogP contribution is 2.39. The third kappa shape index (κ3) is 4.10. The van der Waals surface area contributed by atoms with E-state index in [4.69, 9.17) is 0 Å². The van der Waals surface area contributed by atoms with Crippen molar-refractivity contribution in [3.8, 4) is 0 Å². The molecular formula is C18H27N3O. The number of para-hydroxylation sites is 1. The number of likely N-dealkylation sites (N-methyl/N-ethyl adjacent to an activating group) is 1. The molecule has 0 spiro atoms. The number of anilines is 1. The standard InChI is InChI=1S/C18H27N3O/c1-18(2)14-21(16-9-6-5-8-15(16)18)13-11-19-17(22)10-7-12-20(3)4/h5-10H,11-14H2,1-4H3,(H,19,22)/b10-7+. The molecule has 1 aromatic rings. The van der Waals surface area contributed by atoms with Gasteiger partial charge in [0, 0.05) is 43.4 Å². The molecule has 4 heteroatoms. The van der Waals surface area contributed by atoms with Gasteiger partial charge < -0.3 is 15.1 Å². The summed E-state index contributed by atoms with van der Waals surface area (Å²) >= 11 is 0. The minimum absolute atomic E-state index is 0.0198. The summed E-state index contributed by atoms with van der Waals surface area (Å²) in [5, 5.41) is 2.96. The van der Waals surface area contributed by atoms with E-state index in [0.717, 1.165) is 19.6 Å². The predicted octanol–water partition coefficient (Wildman–Crippen LogP) is 2.02. The molecule has 1 amide bonds. The number of carbonyl (C=O) groups excluding carboxylic acids is 1. The van der Waals surface area contributed by atoms with E-state index >= 15 is 0 Å². The molecule has 0 aliphatic carbocycles. The largest absolute Gasteiger partial charge is 0.369 e. The van der Waals surface area contributed by atoms with Gasteiger partial charge in [-0.05, 0) is 25.7 Å². The number of benzene rings is 1. The summed E-state index contributed by atoms with van der Waals surface area (Å²) in [7, 11) is 3.96. The van der Waals surface area contributed by atoms with Gasteiger partial charge in [-0.15, -0.1) is 0 Å². The third-order valence-electron chi connectivity index (χ3n) is 3.98. The Hall–Kier alpha value is -1.81. The van der Waals surface area contributed by atoms with E-state index < -0.39 is 0 Å². The molecule has 0 fully saturated rings. The van der Waals surface area contributed by atoms with Crippen molar-refractivity contribution in [1.82, 2.24) is 10.2 Å². The Morgan fingerprint density at radius 3 is 2.82 bits per heavy atom. The van der Waals surface area contributed by atoms with Gasteiger partial charge in [0.1, 0.15) is 0 Å². The van der Waals surface area contributed by atoms with Gasteiger partial charge in [0.2, 0.25) is 5.91 Å². The van der Waals surface area contributed by atoms with Crippen LogP contribution in [0, 0.1) is 0 Å². The van der Waals surface area contributed by atoms with Crippen molar-refractivity contribution in [1.29, 1.82) is 0 Å². The number of hydrogen-bond donors (Lipinski definition) is 1. The fourth-order valence-electron chi connectivity index (χ4n) is 2.91. The molecule has 0 saturated heterocycles. The number of carbonyl (C=O) groups is 1. The second-order valence-electron chi connectivity index (χ2n) is 6.78. The van der Waals surface area contributed by atoms with Crippen LogP contribution < -0.4 is 10.2 Å². The van der Waals surface area contributed by atoms with Crippen molar-refractivity contribution < 1.29 is 4.79 Å².